The summed E-state index contributed by atoms with van der Waals surface area (Å²) in [5, 5.41) is 6.95. The van der Waals surface area contributed by atoms with Crippen LogP contribution in [0.25, 0.3) is 11.3 Å². The van der Waals surface area contributed by atoms with Crippen molar-refractivity contribution in [1.29, 1.82) is 0 Å². The molecule has 35 heavy (non-hydrogen) atoms. The second kappa shape index (κ2) is 9.15. The van der Waals surface area contributed by atoms with E-state index in [2.05, 4.69) is 30.4 Å². The molecule has 14 heteroatoms. The van der Waals surface area contributed by atoms with Gasteiger partial charge in [0, 0.05) is 44.8 Å². The molecule has 0 aromatic carbocycles. The highest BCUT2D eigenvalue weighted by atomic mass is 19.4. The first-order chi connectivity index (χ1) is 16.4. The number of aryl methyl sites for hydroxylation is 1. The van der Waals surface area contributed by atoms with E-state index in [4.69, 9.17) is 0 Å². The molecule has 0 unspecified atom stereocenters. The van der Waals surface area contributed by atoms with Crippen LogP contribution in [-0.4, -0.2) is 65.6 Å². The van der Waals surface area contributed by atoms with Gasteiger partial charge in [0.05, 0.1) is 29.4 Å². The number of alkyl halides is 5. The zero-order chi connectivity index (χ0) is 25.4. The fraction of sp³-hybridized carbons (Fsp3) is 0.429. The Bertz CT molecular complexity index is 1180. The van der Waals surface area contributed by atoms with Gasteiger partial charge in [0.15, 0.2) is 5.69 Å². The molecule has 0 radical (unpaired) electrons. The normalized spacial score (nSPS) is 20.0. The van der Waals surface area contributed by atoms with Crippen molar-refractivity contribution in [3.63, 3.8) is 0 Å². The average molecular weight is 496 g/mol. The van der Waals surface area contributed by atoms with Crippen molar-refractivity contribution in [2.45, 2.75) is 31.5 Å². The number of aromatic nitrogens is 6. The molecule has 1 amide bonds. The van der Waals surface area contributed by atoms with Crippen LogP contribution in [0.15, 0.2) is 37.2 Å². The molecule has 0 spiro atoms. The number of likely N-dealkylation sites (tertiary alicyclic amines) is 1. The Morgan fingerprint density at radius 3 is 2.57 bits per heavy atom. The zero-order valence-electron chi connectivity index (χ0n) is 18.7. The zero-order valence-corrected chi connectivity index (χ0v) is 18.7. The number of carbonyl (C=O) groups excluding carboxylic acids is 1. The lowest BCUT2D eigenvalue weighted by Crippen LogP contribution is -2.57. The van der Waals surface area contributed by atoms with Crippen LogP contribution >= 0.6 is 0 Å². The molecular formula is C21H21F5N8O. The van der Waals surface area contributed by atoms with Gasteiger partial charge in [-0.2, -0.15) is 18.3 Å². The van der Waals surface area contributed by atoms with Gasteiger partial charge in [-0.1, -0.05) is 6.92 Å². The minimum atomic E-state index is -4.59. The molecule has 1 aliphatic heterocycles. The van der Waals surface area contributed by atoms with Gasteiger partial charge in [0.1, 0.15) is 6.33 Å². The summed E-state index contributed by atoms with van der Waals surface area (Å²) in [6, 6.07) is 0.843. The Morgan fingerprint density at radius 1 is 1.23 bits per heavy atom. The number of nitrogens with one attached hydrogen (secondary N) is 1. The Hall–Kier alpha value is -3.71. The maximum Gasteiger partial charge on any atom is 0.419 e. The predicted molar refractivity (Wildman–Crippen MR) is 113 cm³/mol. The van der Waals surface area contributed by atoms with Crippen LogP contribution in [0.4, 0.5) is 27.9 Å². The van der Waals surface area contributed by atoms with Crippen molar-refractivity contribution < 1.29 is 26.7 Å². The van der Waals surface area contributed by atoms with Crippen molar-refractivity contribution in [3.8, 4) is 11.3 Å². The molecule has 2 atom stereocenters. The highest BCUT2D eigenvalue weighted by Crippen LogP contribution is 2.36. The molecule has 0 aliphatic carbocycles. The number of rotatable bonds is 5. The monoisotopic (exact) mass is 496 g/mol. The van der Waals surface area contributed by atoms with Gasteiger partial charge in [-0.05, 0) is 12.0 Å². The first-order valence-electron chi connectivity index (χ1n) is 10.6. The highest BCUT2D eigenvalue weighted by molar-refractivity contribution is 5.98. The van der Waals surface area contributed by atoms with Crippen LogP contribution in [0.1, 0.15) is 29.4 Å². The van der Waals surface area contributed by atoms with Crippen LogP contribution in [0.2, 0.25) is 0 Å². The van der Waals surface area contributed by atoms with Crippen LogP contribution in [0.5, 0.6) is 0 Å². The third-order valence-corrected chi connectivity index (χ3v) is 5.68. The molecule has 3 aromatic rings. The van der Waals surface area contributed by atoms with Crippen LogP contribution in [0.3, 0.4) is 0 Å². The second-order valence-electron chi connectivity index (χ2n) is 8.37. The van der Waals surface area contributed by atoms with E-state index in [-0.39, 0.29) is 18.2 Å². The first-order valence-corrected chi connectivity index (χ1v) is 10.6. The van der Waals surface area contributed by atoms with E-state index in [0.717, 1.165) is 4.90 Å². The minimum absolute atomic E-state index is 0.0492. The maximum atomic E-state index is 14.5. The highest BCUT2D eigenvalue weighted by Gasteiger charge is 2.47. The van der Waals surface area contributed by atoms with E-state index in [1.54, 1.807) is 26.2 Å². The molecule has 4 heterocycles. The number of nitrogens with zero attached hydrogens (tertiary/aromatic N) is 7. The summed E-state index contributed by atoms with van der Waals surface area (Å²) in [4.78, 5) is 29.8. The summed E-state index contributed by atoms with van der Waals surface area (Å²) in [7, 11) is 1.59. The molecule has 0 bridgehead atoms. The molecule has 9 nitrogen and oxygen atoms in total. The first kappa shape index (κ1) is 24.4. The molecular weight excluding hydrogens is 475 g/mol. The van der Waals surface area contributed by atoms with Crippen molar-refractivity contribution in [2.75, 3.05) is 18.4 Å². The number of piperidine rings is 1. The van der Waals surface area contributed by atoms with Crippen LogP contribution < -0.4 is 5.32 Å². The Balaban J connectivity index is 1.60. The molecule has 186 valence electrons. The molecule has 1 saturated heterocycles. The number of hydrogen-bond donors (Lipinski definition) is 1. The Morgan fingerprint density at radius 2 is 1.94 bits per heavy atom. The lowest BCUT2D eigenvalue weighted by molar-refractivity contribution is -0.138. The average Bonchev–Trinajstić information content (AvgIpc) is 3.19. The third-order valence-electron chi connectivity index (χ3n) is 5.68. The van der Waals surface area contributed by atoms with Crippen molar-refractivity contribution in [2.24, 2.45) is 13.0 Å². The molecule has 4 rings (SSSR count). The lowest BCUT2D eigenvalue weighted by Gasteiger charge is -2.43. The van der Waals surface area contributed by atoms with Gasteiger partial charge in [0.2, 0.25) is 5.95 Å². The summed E-state index contributed by atoms with van der Waals surface area (Å²) < 4.78 is 68.7. The summed E-state index contributed by atoms with van der Waals surface area (Å²) in [6.45, 7) is 0.692. The van der Waals surface area contributed by atoms with Gasteiger partial charge in [0.25, 0.3) is 11.8 Å². The topological polar surface area (TPSA) is 102 Å². The summed E-state index contributed by atoms with van der Waals surface area (Å²) >= 11 is 0. The Kier molecular flexibility index (Phi) is 6.38. The van der Waals surface area contributed by atoms with Gasteiger partial charge in [-0.3, -0.25) is 9.48 Å². The van der Waals surface area contributed by atoms with Crippen LogP contribution in [0, 0.1) is 5.92 Å². The van der Waals surface area contributed by atoms with Gasteiger partial charge in [-0.15, -0.1) is 0 Å². The van der Waals surface area contributed by atoms with Crippen molar-refractivity contribution in [1.82, 2.24) is 34.6 Å². The molecule has 1 N–H and O–H groups in total. The number of halogens is 5. The summed E-state index contributed by atoms with van der Waals surface area (Å²) in [6.07, 6.45) is 0.538. The maximum absolute atomic E-state index is 14.5. The van der Waals surface area contributed by atoms with Gasteiger partial charge >= 0.3 is 6.18 Å². The van der Waals surface area contributed by atoms with E-state index in [0.29, 0.717) is 23.7 Å². The smallest absolute Gasteiger partial charge is 0.352 e. The van der Waals surface area contributed by atoms with Gasteiger partial charge in [-0.25, -0.2) is 28.7 Å². The molecule has 1 fully saturated rings. The van der Waals surface area contributed by atoms with Crippen molar-refractivity contribution >= 4 is 11.9 Å². The predicted octanol–water partition coefficient (Wildman–Crippen LogP) is 3.28. The molecule has 1 aliphatic rings. The van der Waals surface area contributed by atoms with E-state index in [9.17, 15) is 26.7 Å². The third kappa shape index (κ3) is 5.35. The fourth-order valence-electron chi connectivity index (χ4n) is 4.06. The number of amides is 1. The van der Waals surface area contributed by atoms with Gasteiger partial charge < -0.3 is 10.2 Å². The largest absolute Gasteiger partial charge is 0.419 e. The Labute approximate surface area is 196 Å². The molecule has 3 aromatic heterocycles. The summed E-state index contributed by atoms with van der Waals surface area (Å²) in [5.41, 5.74) is -0.301. The van der Waals surface area contributed by atoms with E-state index in [1.807, 2.05) is 0 Å². The SMILES string of the molecule is C[C@@H]1CC(F)(F)CN(C(=O)c2nn(C)cc2-c2ccncn2)[C@@H]1CNc1ncc(C(F)(F)F)cn1. The quantitative estimate of drug-likeness (QED) is 0.541. The number of carbonyl (C=O) groups is 1. The molecule has 0 saturated carbocycles. The second-order valence-corrected chi connectivity index (χ2v) is 8.37. The minimum Gasteiger partial charge on any atom is -0.352 e. The fourth-order valence-corrected chi connectivity index (χ4v) is 4.06. The number of hydrogen-bond acceptors (Lipinski definition) is 7. The van der Waals surface area contributed by atoms with E-state index >= 15 is 0 Å². The van der Waals surface area contributed by atoms with Crippen molar-refractivity contribution in [3.05, 3.63) is 48.4 Å². The number of anilines is 1. The summed E-state index contributed by atoms with van der Waals surface area (Å²) in [5.74, 6) is -4.60. The standard InChI is InChI=1S/C21H21F5N8O/c1-12-5-20(22,23)10-34(16(12)8-30-19-28-6-13(7-29-19)21(24,25)26)18(35)17-14(9-33(2)32-17)15-3-4-27-11-31-15/h3-4,6-7,9,11-12,16H,5,8,10H2,1-2H3,(H,28,29,30)/t12-,16-/m1/s1. The van der Waals surface area contributed by atoms with Crippen LogP contribution in [-0.2, 0) is 13.2 Å². The lowest BCUT2D eigenvalue weighted by atomic mass is 9.88. The van der Waals surface area contributed by atoms with E-state index < -0.39 is 48.5 Å². The van der Waals surface area contributed by atoms with E-state index in [1.165, 1.54) is 17.2 Å².